The summed E-state index contributed by atoms with van der Waals surface area (Å²) >= 11 is 0. The summed E-state index contributed by atoms with van der Waals surface area (Å²) in [6, 6.07) is 1.89. The normalized spacial score (nSPS) is 17.8. The summed E-state index contributed by atoms with van der Waals surface area (Å²) in [5, 5.41) is 18.5. The third kappa shape index (κ3) is 3.15. The Morgan fingerprint density at radius 3 is 3.27 bits per heavy atom. The highest BCUT2D eigenvalue weighted by atomic mass is 16.5. The number of hydrogen-bond acceptors (Lipinski definition) is 6. The molecule has 3 rings (SSSR count). The van der Waals surface area contributed by atoms with Crippen molar-refractivity contribution in [2.24, 2.45) is 0 Å². The first-order chi connectivity index (χ1) is 10.8. The van der Waals surface area contributed by atoms with E-state index in [9.17, 15) is 4.79 Å². The van der Waals surface area contributed by atoms with Crippen molar-refractivity contribution in [1.82, 2.24) is 30.7 Å². The molecule has 1 atom stereocenters. The van der Waals surface area contributed by atoms with Crippen molar-refractivity contribution in [2.75, 3.05) is 0 Å². The Bertz CT molecular complexity index is 635. The fourth-order valence-corrected chi connectivity index (χ4v) is 2.72. The van der Waals surface area contributed by atoms with Gasteiger partial charge in [0.15, 0.2) is 11.6 Å². The molecule has 3 heterocycles. The number of nitrogens with one attached hydrogen (secondary N) is 1. The molecule has 1 unspecified atom stereocenters. The Morgan fingerprint density at radius 2 is 2.41 bits per heavy atom. The smallest absolute Gasteiger partial charge is 0.231 e. The van der Waals surface area contributed by atoms with Crippen molar-refractivity contribution in [2.45, 2.75) is 58.0 Å². The molecule has 1 N–H and O–H groups in total. The maximum Gasteiger partial charge on any atom is 0.231 e. The van der Waals surface area contributed by atoms with Gasteiger partial charge in [-0.2, -0.15) is 0 Å². The number of fused-ring (bicyclic) bond motifs is 1. The lowest BCUT2D eigenvalue weighted by molar-refractivity contribution is -0.123. The third-order valence-electron chi connectivity index (χ3n) is 3.85. The first-order valence-electron chi connectivity index (χ1n) is 7.76. The van der Waals surface area contributed by atoms with E-state index in [2.05, 4.69) is 32.9 Å². The van der Waals surface area contributed by atoms with Gasteiger partial charge in [-0.1, -0.05) is 24.9 Å². The lowest BCUT2D eigenvalue weighted by Gasteiger charge is -2.12. The van der Waals surface area contributed by atoms with Gasteiger partial charge in [0.25, 0.3) is 0 Å². The fourth-order valence-electron chi connectivity index (χ4n) is 2.72. The molecule has 22 heavy (non-hydrogen) atoms. The molecule has 1 aliphatic heterocycles. The summed E-state index contributed by atoms with van der Waals surface area (Å²) in [7, 11) is 0. The highest BCUT2D eigenvalue weighted by Crippen LogP contribution is 2.24. The summed E-state index contributed by atoms with van der Waals surface area (Å²) in [6.07, 6.45) is 4.64. The Kier molecular flexibility index (Phi) is 4.45. The SMILES string of the molecule is CCCc1cc(CNC(=O)C2CCCCn3nnnc32)on1. The molecule has 2 aromatic heterocycles. The van der Waals surface area contributed by atoms with Crippen LogP contribution in [0.3, 0.4) is 0 Å². The van der Waals surface area contributed by atoms with E-state index >= 15 is 0 Å². The summed E-state index contributed by atoms with van der Waals surface area (Å²) in [4.78, 5) is 12.4. The lowest BCUT2D eigenvalue weighted by Crippen LogP contribution is -2.30. The number of aromatic nitrogens is 5. The van der Waals surface area contributed by atoms with E-state index < -0.39 is 0 Å². The van der Waals surface area contributed by atoms with Crippen LogP contribution in [0.4, 0.5) is 0 Å². The van der Waals surface area contributed by atoms with Crippen LogP contribution in [0, 0.1) is 0 Å². The molecule has 0 aromatic carbocycles. The average molecular weight is 304 g/mol. The second kappa shape index (κ2) is 6.67. The van der Waals surface area contributed by atoms with Crippen LogP contribution in [0.1, 0.15) is 55.8 Å². The minimum atomic E-state index is -0.296. The van der Waals surface area contributed by atoms with Gasteiger partial charge in [-0.3, -0.25) is 4.79 Å². The molecular formula is C14H20N6O2. The van der Waals surface area contributed by atoms with Gasteiger partial charge >= 0.3 is 0 Å². The molecule has 8 nitrogen and oxygen atoms in total. The van der Waals surface area contributed by atoms with Crippen molar-refractivity contribution < 1.29 is 9.32 Å². The number of nitrogens with zero attached hydrogens (tertiary/aromatic N) is 5. The highest BCUT2D eigenvalue weighted by Gasteiger charge is 2.28. The molecular weight excluding hydrogens is 284 g/mol. The van der Waals surface area contributed by atoms with Crippen LogP contribution in [0.25, 0.3) is 0 Å². The minimum absolute atomic E-state index is 0.0635. The number of hydrogen-bond donors (Lipinski definition) is 1. The molecule has 0 fully saturated rings. The van der Waals surface area contributed by atoms with Gasteiger partial charge in [0.05, 0.1) is 18.2 Å². The second-order valence-electron chi connectivity index (χ2n) is 5.56. The third-order valence-corrected chi connectivity index (χ3v) is 3.85. The molecule has 8 heteroatoms. The monoisotopic (exact) mass is 304 g/mol. The van der Waals surface area contributed by atoms with Crippen molar-refractivity contribution in [1.29, 1.82) is 0 Å². The summed E-state index contributed by atoms with van der Waals surface area (Å²) in [5.41, 5.74) is 0.921. The quantitative estimate of drug-likeness (QED) is 0.891. The first-order valence-corrected chi connectivity index (χ1v) is 7.76. The Labute approximate surface area is 128 Å². The van der Waals surface area contributed by atoms with E-state index in [1.54, 1.807) is 4.68 Å². The van der Waals surface area contributed by atoms with Crippen molar-refractivity contribution >= 4 is 5.91 Å². The van der Waals surface area contributed by atoms with Gasteiger partial charge < -0.3 is 9.84 Å². The molecule has 1 amide bonds. The van der Waals surface area contributed by atoms with Gasteiger partial charge in [0.1, 0.15) is 0 Å². The standard InChI is InChI=1S/C14H20N6O2/c1-2-5-10-8-11(22-17-10)9-15-14(21)12-6-3-4-7-20-13(12)16-18-19-20/h8,12H,2-7,9H2,1H3,(H,15,21). The zero-order chi connectivity index (χ0) is 15.4. The van der Waals surface area contributed by atoms with E-state index in [-0.39, 0.29) is 11.8 Å². The number of rotatable bonds is 5. The van der Waals surface area contributed by atoms with Gasteiger partial charge in [-0.05, 0) is 29.7 Å². The van der Waals surface area contributed by atoms with E-state index in [0.29, 0.717) is 18.1 Å². The van der Waals surface area contributed by atoms with Crippen LogP contribution in [0.2, 0.25) is 0 Å². The maximum absolute atomic E-state index is 12.4. The molecule has 118 valence electrons. The highest BCUT2D eigenvalue weighted by molar-refractivity contribution is 5.82. The molecule has 0 saturated carbocycles. The van der Waals surface area contributed by atoms with E-state index in [4.69, 9.17) is 4.52 Å². The van der Waals surface area contributed by atoms with E-state index in [1.165, 1.54) is 0 Å². The Balaban J connectivity index is 1.62. The van der Waals surface area contributed by atoms with Crippen LogP contribution in [0.5, 0.6) is 0 Å². The van der Waals surface area contributed by atoms with Crippen LogP contribution < -0.4 is 5.32 Å². The maximum atomic E-state index is 12.4. The molecule has 0 bridgehead atoms. The van der Waals surface area contributed by atoms with Gasteiger partial charge in [-0.15, -0.1) is 5.10 Å². The largest absolute Gasteiger partial charge is 0.359 e. The summed E-state index contributed by atoms with van der Waals surface area (Å²) < 4.78 is 6.95. The fraction of sp³-hybridized carbons (Fsp3) is 0.643. The Morgan fingerprint density at radius 1 is 1.50 bits per heavy atom. The van der Waals surface area contributed by atoms with Crippen molar-refractivity contribution in [3.05, 3.63) is 23.3 Å². The second-order valence-corrected chi connectivity index (χ2v) is 5.56. The molecule has 1 aliphatic rings. The number of aryl methyl sites for hydroxylation is 2. The van der Waals surface area contributed by atoms with Crippen LogP contribution in [-0.4, -0.2) is 31.3 Å². The molecule has 0 aliphatic carbocycles. The van der Waals surface area contributed by atoms with Gasteiger partial charge in [0, 0.05) is 12.6 Å². The van der Waals surface area contributed by atoms with E-state index in [1.807, 2.05) is 6.07 Å². The van der Waals surface area contributed by atoms with Crippen LogP contribution in [0.15, 0.2) is 10.6 Å². The van der Waals surface area contributed by atoms with Gasteiger partial charge in [0.2, 0.25) is 5.91 Å². The van der Waals surface area contributed by atoms with Crippen LogP contribution >= 0.6 is 0 Å². The summed E-state index contributed by atoms with van der Waals surface area (Å²) in [5.74, 6) is 0.964. The van der Waals surface area contributed by atoms with Crippen molar-refractivity contribution in [3.8, 4) is 0 Å². The summed E-state index contributed by atoms with van der Waals surface area (Å²) in [6.45, 7) is 3.20. The number of carbonyl (C=O) groups is 1. The Hall–Kier alpha value is -2.25. The zero-order valence-electron chi connectivity index (χ0n) is 12.7. The molecule has 0 saturated heterocycles. The number of amides is 1. The number of tetrazole rings is 1. The molecule has 2 aromatic rings. The van der Waals surface area contributed by atoms with Crippen LogP contribution in [-0.2, 0) is 24.3 Å². The predicted molar refractivity (Wildman–Crippen MR) is 76.8 cm³/mol. The van der Waals surface area contributed by atoms with Crippen molar-refractivity contribution in [3.63, 3.8) is 0 Å². The average Bonchev–Trinajstić information content (AvgIpc) is 3.11. The number of carbonyl (C=O) groups excluding carboxylic acids is 1. The van der Waals surface area contributed by atoms with E-state index in [0.717, 1.165) is 44.3 Å². The molecule has 0 spiro atoms. The molecule has 0 radical (unpaired) electrons. The topological polar surface area (TPSA) is 98.7 Å². The zero-order valence-corrected chi connectivity index (χ0v) is 12.7. The minimum Gasteiger partial charge on any atom is -0.359 e. The predicted octanol–water partition coefficient (Wildman–Crippen LogP) is 1.20. The van der Waals surface area contributed by atoms with Gasteiger partial charge in [-0.25, -0.2) is 4.68 Å². The lowest BCUT2D eigenvalue weighted by atomic mass is 10.0. The first kappa shape index (κ1) is 14.7.